The maximum absolute atomic E-state index is 13.8. The van der Waals surface area contributed by atoms with Gasteiger partial charge in [0.05, 0.1) is 22.9 Å². The van der Waals surface area contributed by atoms with Crippen molar-refractivity contribution in [3.8, 4) is 6.07 Å². The maximum atomic E-state index is 13.8. The molecular formula is C21H20F3N3. The Morgan fingerprint density at radius 2 is 2.04 bits per heavy atom. The number of likely N-dealkylation sites (N-methyl/N-ethyl adjacent to an activating group) is 1. The zero-order valence-electron chi connectivity index (χ0n) is 15.0. The lowest BCUT2D eigenvalue weighted by atomic mass is 9.88. The predicted octanol–water partition coefficient (Wildman–Crippen LogP) is 4.06. The first-order valence-corrected chi connectivity index (χ1v) is 9.05. The molecule has 2 aromatic rings. The average molecular weight is 371 g/mol. The molecule has 1 saturated heterocycles. The summed E-state index contributed by atoms with van der Waals surface area (Å²) in [6.45, 7) is 1.53. The molecule has 140 valence electrons. The Kier molecular flexibility index (Phi) is 4.35. The predicted molar refractivity (Wildman–Crippen MR) is 97.8 cm³/mol. The number of nitrogens with one attached hydrogen (secondary N) is 1. The summed E-state index contributed by atoms with van der Waals surface area (Å²) in [5.41, 5.74) is 2.55. The van der Waals surface area contributed by atoms with E-state index in [1.54, 1.807) is 25.2 Å². The van der Waals surface area contributed by atoms with Crippen molar-refractivity contribution in [3.05, 3.63) is 64.2 Å². The SMILES string of the molecule is CN1c2c(cc(Cc3cccc(C#N)c3)cc2C(F)(F)F)C2CNCCC21. The lowest BCUT2D eigenvalue weighted by Crippen LogP contribution is -2.42. The number of nitriles is 1. The van der Waals surface area contributed by atoms with Crippen LogP contribution in [0.15, 0.2) is 36.4 Å². The third-order valence-electron chi connectivity index (χ3n) is 5.66. The molecular weight excluding hydrogens is 351 g/mol. The number of benzene rings is 2. The fourth-order valence-electron chi connectivity index (χ4n) is 4.49. The van der Waals surface area contributed by atoms with Gasteiger partial charge in [-0.1, -0.05) is 18.2 Å². The minimum absolute atomic E-state index is 0.0743. The van der Waals surface area contributed by atoms with E-state index in [1.807, 2.05) is 17.0 Å². The van der Waals surface area contributed by atoms with Crippen molar-refractivity contribution in [3.63, 3.8) is 0 Å². The van der Waals surface area contributed by atoms with Crippen molar-refractivity contribution in [2.75, 3.05) is 25.0 Å². The molecule has 4 rings (SSSR count). The quantitative estimate of drug-likeness (QED) is 0.865. The smallest absolute Gasteiger partial charge is 0.370 e. The molecule has 2 aliphatic rings. The van der Waals surface area contributed by atoms with Crippen LogP contribution < -0.4 is 10.2 Å². The number of hydrogen-bond acceptors (Lipinski definition) is 3. The van der Waals surface area contributed by atoms with Gasteiger partial charge in [-0.2, -0.15) is 18.4 Å². The summed E-state index contributed by atoms with van der Waals surface area (Å²) in [6, 6.07) is 12.4. The molecule has 3 nitrogen and oxygen atoms in total. The largest absolute Gasteiger partial charge is 0.418 e. The second-order valence-corrected chi connectivity index (χ2v) is 7.35. The van der Waals surface area contributed by atoms with Gasteiger partial charge >= 0.3 is 6.18 Å². The third-order valence-corrected chi connectivity index (χ3v) is 5.66. The zero-order valence-corrected chi connectivity index (χ0v) is 15.0. The molecule has 0 bridgehead atoms. The molecule has 27 heavy (non-hydrogen) atoms. The summed E-state index contributed by atoms with van der Waals surface area (Å²) in [7, 11) is 1.78. The fraction of sp³-hybridized carbons (Fsp3) is 0.381. The van der Waals surface area contributed by atoms with Gasteiger partial charge in [-0.3, -0.25) is 0 Å². The van der Waals surface area contributed by atoms with Crippen LogP contribution in [0.2, 0.25) is 0 Å². The van der Waals surface area contributed by atoms with E-state index in [1.165, 1.54) is 6.07 Å². The first-order chi connectivity index (χ1) is 12.9. The van der Waals surface area contributed by atoms with Gasteiger partial charge in [0, 0.05) is 25.6 Å². The van der Waals surface area contributed by atoms with Crippen LogP contribution in [0.25, 0.3) is 0 Å². The van der Waals surface area contributed by atoms with Crippen molar-refractivity contribution >= 4 is 5.69 Å². The number of halogens is 3. The Labute approximate surface area is 156 Å². The highest BCUT2D eigenvalue weighted by atomic mass is 19.4. The Morgan fingerprint density at radius 3 is 2.78 bits per heavy atom. The molecule has 2 aliphatic heterocycles. The Balaban J connectivity index is 1.80. The average Bonchev–Trinajstić information content (AvgIpc) is 2.93. The summed E-state index contributed by atoms with van der Waals surface area (Å²) in [4.78, 5) is 1.82. The number of hydrogen-bond donors (Lipinski definition) is 1. The van der Waals surface area contributed by atoms with E-state index in [0.29, 0.717) is 29.8 Å². The molecule has 2 atom stereocenters. The van der Waals surface area contributed by atoms with Crippen LogP contribution in [-0.2, 0) is 12.6 Å². The van der Waals surface area contributed by atoms with Crippen LogP contribution in [0.3, 0.4) is 0 Å². The molecule has 2 aromatic carbocycles. The van der Waals surface area contributed by atoms with Crippen LogP contribution in [0.5, 0.6) is 0 Å². The van der Waals surface area contributed by atoms with Crippen LogP contribution in [0.1, 0.15) is 40.2 Å². The summed E-state index contributed by atoms with van der Waals surface area (Å²) in [5, 5.41) is 12.4. The summed E-state index contributed by atoms with van der Waals surface area (Å²) < 4.78 is 41.5. The zero-order chi connectivity index (χ0) is 19.2. The molecule has 1 N–H and O–H groups in total. The van der Waals surface area contributed by atoms with E-state index in [4.69, 9.17) is 5.26 Å². The van der Waals surface area contributed by atoms with Gasteiger partial charge in [0.2, 0.25) is 0 Å². The van der Waals surface area contributed by atoms with Gasteiger partial charge < -0.3 is 10.2 Å². The Hall–Kier alpha value is -2.52. The monoisotopic (exact) mass is 371 g/mol. The van der Waals surface area contributed by atoms with Crippen LogP contribution in [-0.4, -0.2) is 26.2 Å². The second kappa shape index (κ2) is 6.58. The number of piperidine rings is 1. The molecule has 1 fully saturated rings. The topological polar surface area (TPSA) is 39.1 Å². The van der Waals surface area contributed by atoms with Gasteiger partial charge in [-0.25, -0.2) is 0 Å². The first-order valence-electron chi connectivity index (χ1n) is 9.05. The minimum Gasteiger partial charge on any atom is -0.370 e. The molecule has 2 unspecified atom stereocenters. The number of alkyl halides is 3. The van der Waals surface area contributed by atoms with Gasteiger partial charge in [0.15, 0.2) is 0 Å². The van der Waals surface area contributed by atoms with Gasteiger partial charge in [0.25, 0.3) is 0 Å². The highest BCUT2D eigenvalue weighted by Gasteiger charge is 2.44. The van der Waals surface area contributed by atoms with E-state index in [2.05, 4.69) is 11.4 Å². The van der Waals surface area contributed by atoms with Crippen molar-refractivity contribution in [2.24, 2.45) is 0 Å². The van der Waals surface area contributed by atoms with E-state index in [0.717, 1.165) is 24.1 Å². The van der Waals surface area contributed by atoms with E-state index in [9.17, 15) is 13.2 Å². The van der Waals surface area contributed by atoms with Crippen molar-refractivity contribution < 1.29 is 13.2 Å². The molecule has 0 spiro atoms. The molecule has 6 heteroatoms. The van der Waals surface area contributed by atoms with E-state index >= 15 is 0 Å². The van der Waals surface area contributed by atoms with Crippen molar-refractivity contribution in [1.82, 2.24) is 5.32 Å². The molecule has 0 amide bonds. The highest BCUT2D eigenvalue weighted by molar-refractivity contribution is 5.68. The molecule has 2 heterocycles. The summed E-state index contributed by atoms with van der Waals surface area (Å²) in [6.07, 6.45) is -3.18. The lowest BCUT2D eigenvalue weighted by molar-refractivity contribution is -0.137. The van der Waals surface area contributed by atoms with Crippen LogP contribution >= 0.6 is 0 Å². The first kappa shape index (κ1) is 17.9. The molecule has 0 aromatic heterocycles. The third kappa shape index (κ3) is 3.17. The number of fused-ring (bicyclic) bond motifs is 3. The Bertz CT molecular complexity index is 914. The minimum atomic E-state index is -4.40. The fourth-order valence-corrected chi connectivity index (χ4v) is 4.49. The van der Waals surface area contributed by atoms with Crippen LogP contribution in [0.4, 0.5) is 18.9 Å². The van der Waals surface area contributed by atoms with Gasteiger partial charge in [-0.15, -0.1) is 0 Å². The van der Waals surface area contributed by atoms with Crippen molar-refractivity contribution in [2.45, 2.75) is 31.0 Å². The lowest BCUT2D eigenvalue weighted by Gasteiger charge is -2.31. The maximum Gasteiger partial charge on any atom is 0.418 e. The summed E-state index contributed by atoms with van der Waals surface area (Å²) in [5.74, 6) is 0.0743. The van der Waals surface area contributed by atoms with Crippen molar-refractivity contribution in [1.29, 1.82) is 5.26 Å². The highest BCUT2D eigenvalue weighted by Crippen LogP contribution is 2.49. The molecule has 0 radical (unpaired) electrons. The Morgan fingerprint density at radius 1 is 1.22 bits per heavy atom. The van der Waals surface area contributed by atoms with Gasteiger partial charge in [0.1, 0.15) is 0 Å². The summed E-state index contributed by atoms with van der Waals surface area (Å²) >= 11 is 0. The number of rotatable bonds is 2. The van der Waals surface area contributed by atoms with Crippen LogP contribution in [0, 0.1) is 11.3 Å². The molecule has 0 saturated carbocycles. The molecule has 0 aliphatic carbocycles. The van der Waals surface area contributed by atoms with E-state index < -0.39 is 11.7 Å². The standard InChI is InChI=1S/C21H20F3N3/c1-27-19-5-6-26-12-17(19)16-9-15(10-18(20(16)27)21(22,23)24)8-13-3-2-4-14(7-13)11-25/h2-4,7,9-10,17,19,26H,5-6,8,12H2,1H3. The second-order valence-electron chi connectivity index (χ2n) is 7.35. The normalized spacial score (nSPS) is 21.5. The van der Waals surface area contributed by atoms with E-state index in [-0.39, 0.29) is 12.0 Å². The number of anilines is 1. The number of nitrogens with zero attached hydrogens (tertiary/aromatic N) is 2. The van der Waals surface area contributed by atoms with Gasteiger partial charge in [-0.05, 0) is 54.3 Å².